The molecular weight excluding hydrogens is 248 g/mol. The van der Waals surface area contributed by atoms with Crippen molar-refractivity contribution in [2.75, 3.05) is 18.1 Å². The Balaban J connectivity index is 2.71. The molecule has 0 aliphatic carbocycles. The molecule has 0 unspecified atom stereocenters. The minimum Gasteiger partial charge on any atom is -0.476 e. The average Bonchev–Trinajstić information content (AvgIpc) is 2.61. The highest BCUT2D eigenvalue weighted by molar-refractivity contribution is 7.92. The molecule has 1 aromatic rings. The van der Waals surface area contributed by atoms with Gasteiger partial charge in [0, 0.05) is 12.8 Å². The van der Waals surface area contributed by atoms with Crippen molar-refractivity contribution in [3.8, 4) is 0 Å². The molecule has 96 valence electrons. The van der Waals surface area contributed by atoms with Gasteiger partial charge in [-0.15, -0.1) is 0 Å². The summed E-state index contributed by atoms with van der Waals surface area (Å²) in [6.45, 7) is 3.18. The molecule has 0 spiro atoms. The molecule has 0 amide bonds. The Morgan fingerprint density at radius 3 is 2.59 bits per heavy atom. The van der Waals surface area contributed by atoms with Crippen molar-refractivity contribution in [1.82, 2.24) is 4.98 Å². The zero-order valence-electron chi connectivity index (χ0n) is 9.72. The van der Waals surface area contributed by atoms with Gasteiger partial charge < -0.3 is 14.8 Å². The predicted octanol–water partition coefficient (Wildman–Crippen LogP) is 0.608. The van der Waals surface area contributed by atoms with Crippen LogP contribution < -0.4 is 5.32 Å². The zero-order chi connectivity index (χ0) is 13.3. The molecule has 0 fully saturated rings. The Labute approximate surface area is 98.8 Å². The summed E-state index contributed by atoms with van der Waals surface area (Å²) in [4.78, 5) is 14.2. The molecule has 0 aliphatic heterocycles. The van der Waals surface area contributed by atoms with Gasteiger partial charge in [-0.3, -0.25) is 0 Å². The van der Waals surface area contributed by atoms with Gasteiger partial charge in [-0.1, -0.05) is 0 Å². The molecule has 0 saturated carbocycles. The minimum absolute atomic E-state index is 0.0147. The summed E-state index contributed by atoms with van der Waals surface area (Å²) >= 11 is 0. The zero-order valence-corrected chi connectivity index (χ0v) is 10.5. The molecule has 0 radical (unpaired) electrons. The van der Waals surface area contributed by atoms with Gasteiger partial charge in [0.2, 0.25) is 0 Å². The molecular formula is C9H14N2O5S. The van der Waals surface area contributed by atoms with Gasteiger partial charge in [0.15, 0.2) is 15.5 Å². The van der Waals surface area contributed by atoms with Crippen LogP contribution in [0.2, 0.25) is 0 Å². The highest BCUT2D eigenvalue weighted by Crippen LogP contribution is 2.16. The van der Waals surface area contributed by atoms with Crippen molar-refractivity contribution in [3.63, 3.8) is 0 Å². The molecule has 1 rings (SSSR count). The van der Waals surface area contributed by atoms with E-state index in [9.17, 15) is 13.2 Å². The van der Waals surface area contributed by atoms with Gasteiger partial charge >= 0.3 is 5.97 Å². The van der Waals surface area contributed by atoms with Crippen LogP contribution in [-0.2, 0) is 9.84 Å². The number of carboxylic acid groups (broad SMARTS) is 1. The third-order valence-electron chi connectivity index (χ3n) is 2.39. The van der Waals surface area contributed by atoms with E-state index in [1.54, 1.807) is 13.8 Å². The fourth-order valence-electron chi connectivity index (χ4n) is 0.873. The first kappa shape index (κ1) is 13.5. The predicted molar refractivity (Wildman–Crippen MR) is 60.9 cm³/mol. The number of hydrogen-bond acceptors (Lipinski definition) is 6. The van der Waals surface area contributed by atoms with Crippen molar-refractivity contribution < 1.29 is 22.7 Å². The molecule has 7 nitrogen and oxygen atoms in total. The minimum atomic E-state index is -3.23. The first-order valence-electron chi connectivity index (χ1n) is 4.76. The number of carboxylic acids is 1. The molecule has 0 aliphatic rings. The van der Waals surface area contributed by atoms with Crippen molar-refractivity contribution in [1.29, 1.82) is 0 Å². The van der Waals surface area contributed by atoms with Crippen molar-refractivity contribution in [2.24, 2.45) is 0 Å². The number of nitrogens with zero attached hydrogens (tertiary/aromatic N) is 1. The van der Waals surface area contributed by atoms with E-state index >= 15 is 0 Å². The van der Waals surface area contributed by atoms with E-state index in [0.29, 0.717) is 0 Å². The van der Waals surface area contributed by atoms with Gasteiger partial charge in [-0.05, 0) is 13.8 Å². The lowest BCUT2D eigenvalue weighted by Gasteiger charge is -2.21. The van der Waals surface area contributed by atoms with E-state index in [1.807, 2.05) is 0 Å². The standard InChI is InChI=1S/C9H14N2O5S/c1-9(2,17(3,14)15)5-10-8-11-6(4-16-8)7(12)13/h4H,5H2,1-3H3,(H,10,11)(H,12,13). The van der Waals surface area contributed by atoms with E-state index in [1.165, 1.54) is 0 Å². The average molecular weight is 262 g/mol. The summed E-state index contributed by atoms with van der Waals surface area (Å²) in [6, 6.07) is -0.0147. The van der Waals surface area contributed by atoms with Gasteiger partial charge in [-0.2, -0.15) is 4.98 Å². The summed E-state index contributed by atoms with van der Waals surface area (Å²) in [7, 11) is -3.23. The Morgan fingerprint density at radius 1 is 1.59 bits per heavy atom. The van der Waals surface area contributed by atoms with Crippen LogP contribution >= 0.6 is 0 Å². The maximum Gasteiger partial charge on any atom is 0.357 e. The molecule has 0 saturated heterocycles. The number of rotatable bonds is 5. The van der Waals surface area contributed by atoms with E-state index in [2.05, 4.69) is 10.3 Å². The smallest absolute Gasteiger partial charge is 0.357 e. The lowest BCUT2D eigenvalue weighted by Crippen LogP contribution is -2.38. The molecule has 0 bridgehead atoms. The first-order chi connectivity index (χ1) is 7.63. The second-order valence-corrected chi connectivity index (χ2v) is 6.88. The lowest BCUT2D eigenvalue weighted by molar-refractivity contribution is 0.0690. The van der Waals surface area contributed by atoms with Crippen LogP contribution in [0.5, 0.6) is 0 Å². The number of oxazole rings is 1. The van der Waals surface area contributed by atoms with Crippen molar-refractivity contribution in [2.45, 2.75) is 18.6 Å². The Bertz CT molecular complexity index is 517. The molecule has 1 aromatic heterocycles. The van der Waals surface area contributed by atoms with Gasteiger partial charge in [0.25, 0.3) is 6.01 Å². The largest absolute Gasteiger partial charge is 0.476 e. The Morgan fingerprint density at radius 2 is 2.18 bits per heavy atom. The van der Waals surface area contributed by atoms with Crippen LogP contribution in [0.25, 0.3) is 0 Å². The summed E-state index contributed by atoms with van der Waals surface area (Å²) in [6.07, 6.45) is 2.12. The fraction of sp³-hybridized carbons (Fsp3) is 0.556. The number of anilines is 1. The number of aromatic carboxylic acids is 1. The highest BCUT2D eigenvalue weighted by Gasteiger charge is 2.30. The van der Waals surface area contributed by atoms with Gasteiger partial charge in [0.1, 0.15) is 6.26 Å². The molecule has 0 atom stereocenters. The Kier molecular flexibility index (Phi) is 3.46. The molecule has 8 heteroatoms. The third-order valence-corrected chi connectivity index (χ3v) is 4.54. The quantitative estimate of drug-likeness (QED) is 0.799. The number of sulfone groups is 1. The van der Waals surface area contributed by atoms with Crippen LogP contribution in [0.15, 0.2) is 10.7 Å². The van der Waals surface area contributed by atoms with Crippen LogP contribution in [0.4, 0.5) is 6.01 Å². The number of aromatic nitrogens is 1. The van der Waals surface area contributed by atoms with E-state index < -0.39 is 20.6 Å². The fourth-order valence-corrected chi connectivity index (χ4v) is 1.21. The maximum atomic E-state index is 11.4. The summed E-state index contributed by atoms with van der Waals surface area (Å²) in [5.41, 5.74) is -0.232. The third kappa shape index (κ3) is 3.19. The van der Waals surface area contributed by atoms with Crippen LogP contribution in [-0.4, -0.2) is 42.0 Å². The van der Waals surface area contributed by atoms with Crippen LogP contribution in [0, 0.1) is 0 Å². The second-order valence-electron chi connectivity index (χ2n) is 4.23. The van der Waals surface area contributed by atoms with Crippen LogP contribution in [0.1, 0.15) is 24.3 Å². The lowest BCUT2D eigenvalue weighted by atomic mass is 10.2. The number of carbonyl (C=O) groups is 1. The van der Waals surface area contributed by atoms with Crippen molar-refractivity contribution >= 4 is 21.8 Å². The highest BCUT2D eigenvalue weighted by atomic mass is 32.2. The normalized spacial score (nSPS) is 12.4. The topological polar surface area (TPSA) is 110 Å². The number of nitrogens with one attached hydrogen (secondary N) is 1. The van der Waals surface area contributed by atoms with Crippen molar-refractivity contribution in [3.05, 3.63) is 12.0 Å². The number of hydrogen-bond donors (Lipinski definition) is 2. The maximum absolute atomic E-state index is 11.4. The summed E-state index contributed by atoms with van der Waals surface area (Å²) in [5, 5.41) is 11.3. The van der Waals surface area contributed by atoms with Gasteiger partial charge in [0.05, 0.1) is 4.75 Å². The van der Waals surface area contributed by atoms with E-state index in [4.69, 9.17) is 9.52 Å². The SMILES string of the molecule is CC(C)(CNc1nc(C(=O)O)co1)S(C)(=O)=O. The summed E-state index contributed by atoms with van der Waals surface area (Å²) < 4.78 is 26.6. The first-order valence-corrected chi connectivity index (χ1v) is 6.65. The van der Waals surface area contributed by atoms with E-state index in [0.717, 1.165) is 12.5 Å². The molecule has 17 heavy (non-hydrogen) atoms. The summed E-state index contributed by atoms with van der Waals surface area (Å²) in [5.74, 6) is -1.20. The van der Waals surface area contributed by atoms with Crippen LogP contribution in [0.3, 0.4) is 0 Å². The molecule has 1 heterocycles. The molecule has 0 aromatic carbocycles. The Hall–Kier alpha value is -1.57. The van der Waals surface area contributed by atoms with Gasteiger partial charge in [-0.25, -0.2) is 13.2 Å². The van der Waals surface area contributed by atoms with E-state index in [-0.39, 0.29) is 18.3 Å². The molecule has 2 N–H and O–H groups in total. The monoisotopic (exact) mass is 262 g/mol. The second kappa shape index (κ2) is 4.36.